The number of hydrogen-bond donors (Lipinski definition) is 2. The molecule has 2 aromatic rings. The van der Waals surface area contributed by atoms with E-state index >= 15 is 0 Å². The zero-order valence-corrected chi connectivity index (χ0v) is 17.2. The number of para-hydroxylation sites is 1. The van der Waals surface area contributed by atoms with Crippen LogP contribution in [0.25, 0.3) is 0 Å². The third-order valence-electron chi connectivity index (χ3n) is 4.76. The number of anilines is 1. The molecule has 1 aliphatic rings. The molecule has 2 heterocycles. The van der Waals surface area contributed by atoms with Crippen LogP contribution in [0.15, 0.2) is 29.6 Å². The van der Waals surface area contributed by atoms with Crippen molar-refractivity contribution < 1.29 is 19.2 Å². The van der Waals surface area contributed by atoms with Crippen molar-refractivity contribution in [1.29, 1.82) is 0 Å². The minimum atomic E-state index is -0.225. The number of nitrogens with zero attached hydrogens (tertiary/aromatic N) is 2. The first kappa shape index (κ1) is 20.3. The number of thiazole rings is 1. The van der Waals surface area contributed by atoms with Gasteiger partial charge in [0.25, 0.3) is 0 Å². The summed E-state index contributed by atoms with van der Waals surface area (Å²) in [5.74, 6) is -0.0504. The topological polar surface area (TPSA) is 76.0 Å². The molecular weight excluding hydrogens is 376 g/mol. The van der Waals surface area contributed by atoms with Gasteiger partial charge < -0.3 is 15.0 Å². The molecule has 1 fully saturated rings. The predicted molar refractivity (Wildman–Crippen MR) is 109 cm³/mol. The van der Waals surface area contributed by atoms with E-state index in [-0.39, 0.29) is 18.4 Å². The number of piperazine rings is 1. The first-order valence-corrected chi connectivity index (χ1v) is 10.5. The Hall–Kier alpha value is -2.45. The standard InChI is InChI=1S/C20H26N4O3S/c1-3-27-20(26)24-10-8-23(9-11-24)13-16-14-28-19(21-16)12-18(25)22-17-7-5-4-6-15(17)2/h4-7,14H,3,8-13H2,1-2H3,(H,22,25)/p+1. The van der Waals surface area contributed by atoms with Crippen molar-refractivity contribution in [2.24, 2.45) is 0 Å². The molecule has 7 nitrogen and oxygen atoms in total. The zero-order valence-electron chi connectivity index (χ0n) is 16.4. The van der Waals surface area contributed by atoms with Crippen molar-refractivity contribution in [3.63, 3.8) is 0 Å². The van der Waals surface area contributed by atoms with Crippen LogP contribution in [0.4, 0.5) is 10.5 Å². The number of rotatable bonds is 6. The van der Waals surface area contributed by atoms with Crippen LogP contribution in [-0.2, 0) is 22.5 Å². The second-order valence-electron chi connectivity index (χ2n) is 6.89. The van der Waals surface area contributed by atoms with Crippen LogP contribution in [0.3, 0.4) is 0 Å². The Morgan fingerprint density at radius 1 is 1.29 bits per heavy atom. The van der Waals surface area contributed by atoms with Crippen LogP contribution < -0.4 is 10.2 Å². The Kier molecular flexibility index (Phi) is 7.00. The summed E-state index contributed by atoms with van der Waals surface area (Å²) in [5.41, 5.74) is 2.89. The van der Waals surface area contributed by atoms with Crippen LogP contribution in [-0.4, -0.2) is 54.7 Å². The number of carbonyl (C=O) groups is 2. The van der Waals surface area contributed by atoms with Crippen LogP contribution >= 0.6 is 11.3 Å². The van der Waals surface area contributed by atoms with Gasteiger partial charge >= 0.3 is 6.09 Å². The van der Waals surface area contributed by atoms with Crippen molar-refractivity contribution in [3.05, 3.63) is 45.9 Å². The van der Waals surface area contributed by atoms with Gasteiger partial charge in [-0.2, -0.15) is 0 Å². The zero-order chi connectivity index (χ0) is 19.9. The predicted octanol–water partition coefficient (Wildman–Crippen LogP) is 1.49. The highest BCUT2D eigenvalue weighted by Gasteiger charge is 2.25. The highest BCUT2D eigenvalue weighted by molar-refractivity contribution is 7.09. The maximum absolute atomic E-state index is 12.3. The fourth-order valence-electron chi connectivity index (χ4n) is 3.21. The number of ether oxygens (including phenoxy) is 1. The van der Waals surface area contributed by atoms with Gasteiger partial charge in [-0.25, -0.2) is 9.78 Å². The van der Waals surface area contributed by atoms with Gasteiger partial charge in [0, 0.05) is 11.1 Å². The van der Waals surface area contributed by atoms with Gasteiger partial charge in [0.15, 0.2) is 0 Å². The number of aromatic nitrogens is 1. The van der Waals surface area contributed by atoms with Crippen LogP contribution in [0, 0.1) is 6.92 Å². The van der Waals surface area contributed by atoms with E-state index in [0.717, 1.165) is 41.6 Å². The molecule has 8 heteroatoms. The quantitative estimate of drug-likeness (QED) is 0.766. The van der Waals surface area contributed by atoms with Gasteiger partial charge in [-0.15, -0.1) is 11.3 Å². The molecule has 0 saturated carbocycles. The molecule has 2 N–H and O–H groups in total. The van der Waals surface area contributed by atoms with Gasteiger partial charge in [0.1, 0.15) is 17.2 Å². The van der Waals surface area contributed by atoms with Crippen LogP contribution in [0.2, 0.25) is 0 Å². The summed E-state index contributed by atoms with van der Waals surface area (Å²) in [6.07, 6.45) is 0.0579. The largest absolute Gasteiger partial charge is 0.450 e. The number of amides is 2. The third-order valence-corrected chi connectivity index (χ3v) is 5.66. The Morgan fingerprint density at radius 2 is 2.04 bits per heavy atom. The van der Waals surface area contributed by atoms with Crippen molar-refractivity contribution in [1.82, 2.24) is 9.88 Å². The van der Waals surface area contributed by atoms with E-state index in [9.17, 15) is 9.59 Å². The Morgan fingerprint density at radius 3 is 2.75 bits per heavy atom. The molecule has 0 bridgehead atoms. The van der Waals surface area contributed by atoms with E-state index < -0.39 is 0 Å². The SMILES string of the molecule is CCOC(=O)N1CC[NH+](Cc2csc(CC(=O)Nc3ccccc3C)n2)CC1. The third kappa shape index (κ3) is 5.53. The monoisotopic (exact) mass is 403 g/mol. The molecule has 0 unspecified atom stereocenters. The van der Waals surface area contributed by atoms with Gasteiger partial charge in [-0.1, -0.05) is 18.2 Å². The number of quaternary nitrogens is 1. The highest BCUT2D eigenvalue weighted by Crippen LogP contribution is 2.15. The van der Waals surface area contributed by atoms with E-state index in [4.69, 9.17) is 4.74 Å². The Labute approximate surface area is 169 Å². The van der Waals surface area contributed by atoms with Gasteiger partial charge in [-0.05, 0) is 25.5 Å². The van der Waals surface area contributed by atoms with Crippen molar-refractivity contribution in [2.75, 3.05) is 38.1 Å². The van der Waals surface area contributed by atoms with E-state index in [1.807, 2.05) is 43.5 Å². The summed E-state index contributed by atoms with van der Waals surface area (Å²) >= 11 is 1.52. The number of carbonyl (C=O) groups excluding carboxylic acids is 2. The highest BCUT2D eigenvalue weighted by atomic mass is 32.1. The summed E-state index contributed by atoms with van der Waals surface area (Å²) in [5, 5.41) is 5.80. The molecule has 0 radical (unpaired) electrons. The average molecular weight is 404 g/mol. The molecule has 0 spiro atoms. The van der Waals surface area contributed by atoms with E-state index in [1.165, 1.54) is 16.2 Å². The number of hydrogen-bond acceptors (Lipinski definition) is 5. The lowest BCUT2D eigenvalue weighted by molar-refractivity contribution is -0.917. The summed E-state index contributed by atoms with van der Waals surface area (Å²) in [6, 6.07) is 7.74. The molecule has 0 atom stereocenters. The Balaban J connectivity index is 1.46. The first-order valence-electron chi connectivity index (χ1n) is 9.59. The van der Waals surface area contributed by atoms with Crippen molar-refractivity contribution in [2.45, 2.75) is 26.8 Å². The molecule has 150 valence electrons. The maximum Gasteiger partial charge on any atom is 0.410 e. The second-order valence-corrected chi connectivity index (χ2v) is 7.83. The van der Waals surface area contributed by atoms with Crippen molar-refractivity contribution >= 4 is 29.0 Å². The fraction of sp³-hybridized carbons (Fsp3) is 0.450. The second kappa shape index (κ2) is 9.66. The number of aryl methyl sites for hydroxylation is 1. The minimum absolute atomic E-state index is 0.0504. The van der Waals surface area contributed by atoms with Crippen LogP contribution in [0.5, 0.6) is 0 Å². The summed E-state index contributed by atoms with van der Waals surface area (Å²) < 4.78 is 5.05. The lowest BCUT2D eigenvalue weighted by Gasteiger charge is -2.31. The molecule has 1 aromatic carbocycles. The van der Waals surface area contributed by atoms with Gasteiger partial charge in [0.2, 0.25) is 5.91 Å². The number of nitrogens with one attached hydrogen (secondary N) is 2. The number of benzene rings is 1. The minimum Gasteiger partial charge on any atom is -0.450 e. The maximum atomic E-state index is 12.3. The van der Waals surface area contributed by atoms with Crippen LogP contribution in [0.1, 0.15) is 23.2 Å². The van der Waals surface area contributed by atoms with E-state index in [2.05, 4.69) is 10.3 Å². The average Bonchev–Trinajstić information content (AvgIpc) is 3.11. The summed E-state index contributed by atoms with van der Waals surface area (Å²) in [4.78, 5) is 31.8. The van der Waals surface area contributed by atoms with E-state index in [1.54, 1.807) is 4.90 Å². The lowest BCUT2D eigenvalue weighted by atomic mass is 10.2. The van der Waals surface area contributed by atoms with Gasteiger partial charge in [-0.3, -0.25) is 9.69 Å². The lowest BCUT2D eigenvalue weighted by Crippen LogP contribution is -3.13. The molecule has 1 aromatic heterocycles. The first-order chi connectivity index (χ1) is 13.5. The molecule has 28 heavy (non-hydrogen) atoms. The molecule has 0 aliphatic carbocycles. The summed E-state index contributed by atoms with van der Waals surface area (Å²) in [6.45, 7) is 8.16. The molecule has 2 amide bonds. The molecule has 1 aliphatic heterocycles. The van der Waals surface area contributed by atoms with Crippen molar-refractivity contribution in [3.8, 4) is 0 Å². The molecule has 3 rings (SSSR count). The van der Waals surface area contributed by atoms with Gasteiger partial charge in [0.05, 0.1) is 39.2 Å². The molecule has 1 saturated heterocycles. The normalized spacial score (nSPS) is 14.7. The Bertz CT molecular complexity index is 815. The fourth-order valence-corrected chi connectivity index (χ4v) is 4.00. The molecular formula is C20H27N4O3S+. The smallest absolute Gasteiger partial charge is 0.410 e. The van der Waals surface area contributed by atoms with E-state index in [0.29, 0.717) is 19.7 Å². The summed E-state index contributed by atoms with van der Waals surface area (Å²) in [7, 11) is 0.